The maximum absolute atomic E-state index is 12.6. The Labute approximate surface area is 107 Å². The van der Waals surface area contributed by atoms with Crippen LogP contribution in [-0.4, -0.2) is 35.4 Å². The van der Waals surface area contributed by atoms with Gasteiger partial charge in [0.05, 0.1) is 5.41 Å². The molecule has 1 unspecified atom stereocenters. The van der Waals surface area contributed by atoms with Crippen LogP contribution in [0.25, 0.3) is 0 Å². The van der Waals surface area contributed by atoms with Gasteiger partial charge in [0, 0.05) is 37.9 Å². The zero-order valence-electron chi connectivity index (χ0n) is 10.8. The monoisotopic (exact) mass is 245 g/mol. The first kappa shape index (κ1) is 11.7. The quantitative estimate of drug-likeness (QED) is 0.801. The number of hydrogen-bond acceptors (Lipinski definition) is 3. The topological polar surface area (TPSA) is 45.2 Å². The maximum Gasteiger partial charge on any atom is 0.230 e. The highest BCUT2D eigenvalue weighted by Crippen LogP contribution is 2.29. The highest BCUT2D eigenvalue weighted by molar-refractivity contribution is 5.83. The molecule has 0 spiro atoms. The van der Waals surface area contributed by atoms with Gasteiger partial charge in [-0.25, -0.2) is 0 Å². The summed E-state index contributed by atoms with van der Waals surface area (Å²) in [7, 11) is 0. The van der Waals surface area contributed by atoms with E-state index in [-0.39, 0.29) is 5.41 Å². The molecule has 1 N–H and O–H groups in total. The molecule has 0 aromatic carbocycles. The second-order valence-electron chi connectivity index (χ2n) is 5.57. The van der Waals surface area contributed by atoms with Crippen molar-refractivity contribution >= 4 is 5.91 Å². The van der Waals surface area contributed by atoms with E-state index in [2.05, 4.69) is 23.3 Å². The van der Waals surface area contributed by atoms with Crippen molar-refractivity contribution in [2.75, 3.05) is 19.6 Å². The molecule has 1 aromatic rings. The molecule has 0 bridgehead atoms. The normalized spacial score (nSPS) is 27.1. The van der Waals surface area contributed by atoms with Gasteiger partial charge in [-0.05, 0) is 31.5 Å². The Hall–Kier alpha value is -1.42. The first-order valence-electron chi connectivity index (χ1n) is 6.62. The van der Waals surface area contributed by atoms with E-state index < -0.39 is 0 Å². The number of fused-ring (bicyclic) bond motifs is 1. The molecule has 3 heterocycles. The molecule has 0 aliphatic carbocycles. The molecule has 1 saturated heterocycles. The number of hydrogen-bond donors (Lipinski definition) is 1. The minimum atomic E-state index is -0.209. The highest BCUT2D eigenvalue weighted by atomic mass is 16.2. The Morgan fingerprint density at radius 2 is 2.44 bits per heavy atom. The van der Waals surface area contributed by atoms with Gasteiger partial charge in [0.15, 0.2) is 0 Å². The average Bonchev–Trinajstić information content (AvgIpc) is 2.85. The van der Waals surface area contributed by atoms with Crippen LogP contribution in [0.5, 0.6) is 0 Å². The second-order valence-corrected chi connectivity index (χ2v) is 5.57. The Bertz CT molecular complexity index is 466. The van der Waals surface area contributed by atoms with Crippen LogP contribution in [-0.2, 0) is 17.8 Å². The first-order chi connectivity index (χ1) is 8.69. The third kappa shape index (κ3) is 1.90. The van der Waals surface area contributed by atoms with Crippen LogP contribution in [0.4, 0.5) is 0 Å². The number of nitrogens with zero attached hydrogens (tertiary/aromatic N) is 2. The largest absolute Gasteiger partial charge is 0.337 e. The smallest absolute Gasteiger partial charge is 0.230 e. The summed E-state index contributed by atoms with van der Waals surface area (Å²) in [6, 6.07) is 4.03. The lowest BCUT2D eigenvalue weighted by Crippen LogP contribution is -2.45. The predicted molar refractivity (Wildman–Crippen MR) is 69.0 cm³/mol. The molecular formula is C14H19N3O. The summed E-state index contributed by atoms with van der Waals surface area (Å²) < 4.78 is 0. The van der Waals surface area contributed by atoms with E-state index in [1.54, 1.807) is 0 Å². The number of amides is 1. The van der Waals surface area contributed by atoms with Gasteiger partial charge in [-0.2, -0.15) is 0 Å². The van der Waals surface area contributed by atoms with Crippen LogP contribution in [0.3, 0.4) is 0 Å². The van der Waals surface area contributed by atoms with E-state index in [0.717, 1.165) is 44.7 Å². The standard InChI is InChI=1S/C14H19N3O/c1-14(5-7-15-10-14)13(18)17-8-4-12-11(9-17)3-2-6-16-12/h2-3,6,15H,4-5,7-10H2,1H3. The van der Waals surface area contributed by atoms with Crippen LogP contribution in [0.1, 0.15) is 24.6 Å². The van der Waals surface area contributed by atoms with Crippen LogP contribution in [0.15, 0.2) is 18.3 Å². The number of nitrogens with one attached hydrogen (secondary N) is 1. The Morgan fingerprint density at radius 3 is 3.22 bits per heavy atom. The lowest BCUT2D eigenvalue weighted by Gasteiger charge is -2.34. The van der Waals surface area contributed by atoms with Crippen LogP contribution in [0.2, 0.25) is 0 Å². The van der Waals surface area contributed by atoms with Gasteiger partial charge in [0.2, 0.25) is 5.91 Å². The summed E-state index contributed by atoms with van der Waals surface area (Å²) in [5.41, 5.74) is 2.14. The van der Waals surface area contributed by atoms with E-state index in [9.17, 15) is 4.79 Å². The molecule has 1 amide bonds. The molecule has 1 fully saturated rings. The molecule has 96 valence electrons. The molecule has 1 aromatic heterocycles. The van der Waals surface area contributed by atoms with Crippen molar-refractivity contribution in [1.82, 2.24) is 15.2 Å². The number of aromatic nitrogens is 1. The Kier molecular flexibility index (Phi) is 2.82. The molecule has 0 saturated carbocycles. The summed E-state index contributed by atoms with van der Waals surface area (Å²) in [5, 5.41) is 3.29. The maximum atomic E-state index is 12.6. The van der Waals surface area contributed by atoms with Gasteiger partial charge < -0.3 is 10.2 Å². The van der Waals surface area contributed by atoms with E-state index in [1.807, 2.05) is 17.2 Å². The second kappa shape index (κ2) is 4.35. The summed E-state index contributed by atoms with van der Waals surface area (Å²) in [4.78, 5) is 19.0. The summed E-state index contributed by atoms with van der Waals surface area (Å²) >= 11 is 0. The van der Waals surface area contributed by atoms with Gasteiger partial charge in [0.25, 0.3) is 0 Å². The molecule has 2 aliphatic heterocycles. The molecule has 3 rings (SSSR count). The summed E-state index contributed by atoms with van der Waals surface area (Å²) in [5.74, 6) is 0.294. The molecular weight excluding hydrogens is 226 g/mol. The van der Waals surface area contributed by atoms with Crippen molar-refractivity contribution in [3.05, 3.63) is 29.6 Å². The zero-order chi connectivity index (χ0) is 12.6. The van der Waals surface area contributed by atoms with Crippen molar-refractivity contribution in [2.45, 2.75) is 26.3 Å². The molecule has 18 heavy (non-hydrogen) atoms. The fraction of sp³-hybridized carbons (Fsp3) is 0.571. The summed E-state index contributed by atoms with van der Waals surface area (Å²) in [6.07, 6.45) is 3.66. The Morgan fingerprint density at radius 1 is 1.56 bits per heavy atom. The van der Waals surface area contributed by atoms with Crippen LogP contribution in [0, 0.1) is 5.41 Å². The highest BCUT2D eigenvalue weighted by Gasteiger charge is 2.39. The van der Waals surface area contributed by atoms with Gasteiger partial charge in [-0.3, -0.25) is 9.78 Å². The molecule has 4 nitrogen and oxygen atoms in total. The van der Waals surface area contributed by atoms with E-state index in [1.165, 1.54) is 5.56 Å². The lowest BCUT2D eigenvalue weighted by molar-refractivity contribution is -0.141. The third-order valence-electron chi connectivity index (χ3n) is 4.14. The minimum absolute atomic E-state index is 0.209. The van der Waals surface area contributed by atoms with E-state index in [0.29, 0.717) is 5.91 Å². The first-order valence-corrected chi connectivity index (χ1v) is 6.62. The van der Waals surface area contributed by atoms with Gasteiger partial charge in [-0.1, -0.05) is 6.07 Å². The number of carbonyl (C=O) groups excluding carboxylic acids is 1. The third-order valence-corrected chi connectivity index (χ3v) is 4.14. The number of rotatable bonds is 1. The SMILES string of the molecule is CC1(C(=O)N2CCc3ncccc3C2)CCNC1. The number of pyridine rings is 1. The summed E-state index contributed by atoms with van der Waals surface area (Å²) in [6.45, 7) is 5.36. The van der Waals surface area contributed by atoms with Gasteiger partial charge >= 0.3 is 0 Å². The van der Waals surface area contributed by atoms with Crippen LogP contribution < -0.4 is 5.32 Å². The fourth-order valence-corrected chi connectivity index (χ4v) is 2.92. The molecule has 2 aliphatic rings. The van der Waals surface area contributed by atoms with Crippen molar-refractivity contribution in [1.29, 1.82) is 0 Å². The fourth-order valence-electron chi connectivity index (χ4n) is 2.92. The zero-order valence-corrected chi connectivity index (χ0v) is 10.8. The molecule has 1 atom stereocenters. The van der Waals surface area contributed by atoms with Crippen molar-refractivity contribution in [3.8, 4) is 0 Å². The Balaban J connectivity index is 1.78. The molecule has 4 heteroatoms. The van der Waals surface area contributed by atoms with Crippen LogP contribution >= 0.6 is 0 Å². The molecule has 0 radical (unpaired) electrons. The van der Waals surface area contributed by atoms with Crippen molar-refractivity contribution < 1.29 is 4.79 Å². The lowest BCUT2D eigenvalue weighted by atomic mass is 9.87. The average molecular weight is 245 g/mol. The van der Waals surface area contributed by atoms with E-state index in [4.69, 9.17) is 0 Å². The predicted octanol–water partition coefficient (Wildman–Crippen LogP) is 0.966. The van der Waals surface area contributed by atoms with Crippen molar-refractivity contribution in [3.63, 3.8) is 0 Å². The van der Waals surface area contributed by atoms with Crippen molar-refractivity contribution in [2.24, 2.45) is 5.41 Å². The number of carbonyl (C=O) groups is 1. The van der Waals surface area contributed by atoms with Gasteiger partial charge in [-0.15, -0.1) is 0 Å². The van der Waals surface area contributed by atoms with E-state index >= 15 is 0 Å². The van der Waals surface area contributed by atoms with Gasteiger partial charge in [0.1, 0.15) is 0 Å². The minimum Gasteiger partial charge on any atom is -0.337 e.